The van der Waals surface area contributed by atoms with Gasteiger partial charge in [0.15, 0.2) is 0 Å². The molecule has 160 valence electrons. The Hall–Kier alpha value is -4.52. The van der Waals surface area contributed by atoms with E-state index in [0.29, 0.717) is 40.0 Å². The summed E-state index contributed by atoms with van der Waals surface area (Å²) in [7, 11) is 1.76. The molecule has 0 fully saturated rings. The Kier molecular flexibility index (Phi) is 6.17. The van der Waals surface area contributed by atoms with Gasteiger partial charge in [-0.3, -0.25) is 0 Å². The first-order valence-corrected chi connectivity index (χ1v) is 10.0. The van der Waals surface area contributed by atoms with Gasteiger partial charge in [-0.1, -0.05) is 30.3 Å². The Morgan fingerprint density at radius 1 is 0.812 bits per heavy atom. The van der Waals surface area contributed by atoms with Crippen molar-refractivity contribution in [3.63, 3.8) is 0 Å². The second-order valence-electron chi connectivity index (χ2n) is 6.83. The summed E-state index contributed by atoms with van der Waals surface area (Å²) < 4.78 is 12.0. The minimum absolute atomic E-state index is 0.236. The van der Waals surface area contributed by atoms with Gasteiger partial charge >= 0.3 is 0 Å². The zero-order valence-corrected chi connectivity index (χ0v) is 17.5. The molecule has 7 nitrogen and oxygen atoms in total. The van der Waals surface area contributed by atoms with E-state index >= 15 is 0 Å². The van der Waals surface area contributed by atoms with Gasteiger partial charge in [0, 0.05) is 19.3 Å². The first-order valence-electron chi connectivity index (χ1n) is 10.0. The number of amidine groups is 1. The van der Waals surface area contributed by atoms with Crippen LogP contribution in [0.3, 0.4) is 0 Å². The van der Waals surface area contributed by atoms with Crippen molar-refractivity contribution < 1.29 is 9.47 Å². The van der Waals surface area contributed by atoms with Gasteiger partial charge in [-0.15, -0.1) is 0 Å². The fraction of sp³-hybridized carbons (Fsp3) is 0.0400. The lowest BCUT2D eigenvalue weighted by molar-refractivity contribution is 0.468. The third kappa shape index (κ3) is 4.79. The van der Waals surface area contributed by atoms with Crippen molar-refractivity contribution in [2.24, 2.45) is 10.7 Å². The summed E-state index contributed by atoms with van der Waals surface area (Å²) in [5, 5.41) is 3.04. The highest BCUT2D eigenvalue weighted by Crippen LogP contribution is 2.32. The molecule has 0 unspecified atom stereocenters. The molecule has 0 saturated carbocycles. The number of nitrogens with two attached hydrogens (primary N) is 2. The molecule has 1 heterocycles. The van der Waals surface area contributed by atoms with Gasteiger partial charge in [-0.2, -0.15) is 0 Å². The Balaban J connectivity index is 1.61. The molecule has 0 saturated heterocycles. The van der Waals surface area contributed by atoms with Gasteiger partial charge in [0.1, 0.15) is 40.2 Å². The Morgan fingerprint density at radius 2 is 1.44 bits per heavy atom. The normalized spacial score (nSPS) is 11.1. The highest BCUT2D eigenvalue weighted by molar-refractivity contribution is 6.05. The lowest BCUT2D eigenvalue weighted by Gasteiger charge is -2.15. The van der Waals surface area contributed by atoms with E-state index in [1.54, 1.807) is 31.4 Å². The molecule has 0 bridgehead atoms. The van der Waals surface area contributed by atoms with Crippen LogP contribution < -0.4 is 26.3 Å². The minimum Gasteiger partial charge on any atom is -0.457 e. The number of aliphatic imine (C=N–C) groups is 1. The molecule has 4 aromatic rings. The van der Waals surface area contributed by atoms with Crippen molar-refractivity contribution in [2.75, 3.05) is 18.1 Å². The van der Waals surface area contributed by atoms with Crippen LogP contribution in [0.15, 0.2) is 96.1 Å². The number of nitrogens with zero attached hydrogens (tertiary/aromatic N) is 2. The van der Waals surface area contributed by atoms with Gasteiger partial charge in [0.25, 0.3) is 0 Å². The van der Waals surface area contributed by atoms with Crippen LogP contribution in [0, 0.1) is 0 Å². The van der Waals surface area contributed by atoms with Gasteiger partial charge in [-0.25, -0.2) is 9.98 Å². The highest BCUT2D eigenvalue weighted by atomic mass is 16.5. The van der Waals surface area contributed by atoms with E-state index in [4.69, 9.17) is 20.9 Å². The van der Waals surface area contributed by atoms with Crippen LogP contribution in [-0.4, -0.2) is 17.9 Å². The number of benzene rings is 3. The molecule has 7 heteroatoms. The minimum atomic E-state index is 0.236. The molecular weight excluding hydrogens is 402 g/mol. The van der Waals surface area contributed by atoms with Crippen LogP contribution in [0.2, 0.25) is 0 Å². The van der Waals surface area contributed by atoms with Crippen LogP contribution >= 0.6 is 0 Å². The average molecular weight is 425 g/mol. The Morgan fingerprint density at radius 3 is 2.12 bits per heavy atom. The van der Waals surface area contributed by atoms with Crippen LogP contribution in [0.25, 0.3) is 0 Å². The summed E-state index contributed by atoms with van der Waals surface area (Å²) in [4.78, 5) is 8.83. The number of rotatable bonds is 7. The molecule has 0 spiro atoms. The maximum absolute atomic E-state index is 6.35. The van der Waals surface area contributed by atoms with E-state index < -0.39 is 0 Å². The molecule has 32 heavy (non-hydrogen) atoms. The topological polar surface area (TPSA) is 108 Å². The van der Waals surface area contributed by atoms with Crippen molar-refractivity contribution in [3.8, 4) is 23.0 Å². The molecule has 0 aliphatic carbocycles. The zero-order chi connectivity index (χ0) is 22.3. The standard InChI is InChI=1S/C25H23N5O2/c1-28-25-23(24(27)30-21-10-6-5-9-20(21)26)22(15-16-29-25)32-19-13-11-18(12-14-19)31-17-7-3-2-4-8-17/h2-16H,26H2,1H3,(H2,27,30)(H,28,29). The first kappa shape index (κ1) is 20.7. The van der Waals surface area contributed by atoms with Crippen LogP contribution in [0.1, 0.15) is 5.56 Å². The summed E-state index contributed by atoms with van der Waals surface area (Å²) in [5.74, 6) is 3.38. The van der Waals surface area contributed by atoms with E-state index in [1.165, 1.54) is 0 Å². The molecular formula is C25H23N5O2. The quantitative estimate of drug-likeness (QED) is 0.210. The van der Waals surface area contributed by atoms with Crippen molar-refractivity contribution in [3.05, 3.63) is 96.7 Å². The van der Waals surface area contributed by atoms with Crippen LogP contribution in [0.5, 0.6) is 23.0 Å². The summed E-state index contributed by atoms with van der Waals surface area (Å²) >= 11 is 0. The fourth-order valence-corrected chi connectivity index (χ4v) is 3.07. The summed E-state index contributed by atoms with van der Waals surface area (Å²) in [6.45, 7) is 0. The van der Waals surface area contributed by atoms with Crippen LogP contribution in [-0.2, 0) is 0 Å². The van der Waals surface area contributed by atoms with Gasteiger partial charge in [-0.05, 0) is 48.5 Å². The predicted molar refractivity (Wildman–Crippen MR) is 128 cm³/mol. The number of aromatic nitrogens is 1. The molecule has 3 aromatic carbocycles. The molecule has 1 aromatic heterocycles. The number of hydrogen-bond acceptors (Lipinski definition) is 6. The molecule has 0 aliphatic heterocycles. The second-order valence-corrected chi connectivity index (χ2v) is 6.83. The molecule has 5 N–H and O–H groups in total. The lowest BCUT2D eigenvalue weighted by atomic mass is 10.2. The lowest BCUT2D eigenvalue weighted by Crippen LogP contribution is -2.17. The monoisotopic (exact) mass is 425 g/mol. The number of hydrogen-bond donors (Lipinski definition) is 3. The third-order valence-electron chi connectivity index (χ3n) is 4.61. The molecule has 4 rings (SSSR count). The average Bonchev–Trinajstić information content (AvgIpc) is 2.82. The molecule has 0 radical (unpaired) electrons. The van der Waals surface area contributed by atoms with E-state index in [0.717, 1.165) is 5.75 Å². The first-order chi connectivity index (χ1) is 15.6. The van der Waals surface area contributed by atoms with Crippen LogP contribution in [0.4, 0.5) is 17.2 Å². The zero-order valence-electron chi connectivity index (χ0n) is 17.5. The fourth-order valence-electron chi connectivity index (χ4n) is 3.07. The predicted octanol–water partition coefficient (Wildman–Crippen LogP) is 5.33. The molecule has 0 amide bonds. The number of anilines is 2. The van der Waals surface area contributed by atoms with E-state index in [-0.39, 0.29) is 5.84 Å². The second kappa shape index (κ2) is 9.53. The van der Waals surface area contributed by atoms with Gasteiger partial charge in [0.05, 0.1) is 11.4 Å². The van der Waals surface area contributed by atoms with E-state index in [2.05, 4.69) is 15.3 Å². The van der Waals surface area contributed by atoms with E-state index in [1.807, 2.05) is 66.7 Å². The van der Waals surface area contributed by atoms with Crippen molar-refractivity contribution in [1.82, 2.24) is 4.98 Å². The van der Waals surface area contributed by atoms with Crippen molar-refractivity contribution >= 4 is 23.0 Å². The van der Waals surface area contributed by atoms with Crippen molar-refractivity contribution in [2.45, 2.75) is 0 Å². The van der Waals surface area contributed by atoms with Gasteiger partial charge in [0.2, 0.25) is 0 Å². The maximum atomic E-state index is 6.35. The number of nitrogen functional groups attached to an aromatic ring is 1. The third-order valence-corrected chi connectivity index (χ3v) is 4.61. The van der Waals surface area contributed by atoms with Gasteiger partial charge < -0.3 is 26.3 Å². The van der Waals surface area contributed by atoms with Crippen molar-refractivity contribution in [1.29, 1.82) is 0 Å². The number of nitrogens with one attached hydrogen (secondary N) is 1. The molecule has 0 atom stereocenters. The smallest absolute Gasteiger partial charge is 0.143 e. The number of para-hydroxylation sites is 3. The number of ether oxygens (including phenoxy) is 2. The van der Waals surface area contributed by atoms with E-state index in [9.17, 15) is 0 Å². The highest BCUT2D eigenvalue weighted by Gasteiger charge is 2.16. The molecule has 0 aliphatic rings. The summed E-state index contributed by atoms with van der Waals surface area (Å²) in [6, 6.07) is 25.9. The SMILES string of the molecule is CNc1nccc(Oc2ccc(Oc3ccccc3)cc2)c1C(N)=Nc1ccccc1N. The number of pyridine rings is 1. The Bertz CT molecular complexity index is 1220. The summed E-state index contributed by atoms with van der Waals surface area (Å²) in [6.07, 6.45) is 1.64. The largest absolute Gasteiger partial charge is 0.457 e. The summed E-state index contributed by atoms with van der Waals surface area (Å²) in [5.41, 5.74) is 14.0. The maximum Gasteiger partial charge on any atom is 0.143 e. The Labute approximate surface area is 186 Å².